The van der Waals surface area contributed by atoms with Crippen LogP contribution in [-0.2, 0) is 15.0 Å². The molecule has 2 amide bonds. The van der Waals surface area contributed by atoms with Crippen molar-refractivity contribution in [1.82, 2.24) is 9.78 Å². The van der Waals surface area contributed by atoms with E-state index < -0.39 is 5.41 Å². The molecule has 0 fully saturated rings. The molecule has 0 radical (unpaired) electrons. The number of amides is 2. The Labute approximate surface area is 173 Å². The first kappa shape index (κ1) is 17.9. The average molecular weight is 407 g/mol. The van der Waals surface area contributed by atoms with Gasteiger partial charge in [0.15, 0.2) is 0 Å². The maximum atomic E-state index is 13.7. The van der Waals surface area contributed by atoms with Crippen LogP contribution in [-0.4, -0.2) is 28.1 Å². The van der Waals surface area contributed by atoms with E-state index in [0.29, 0.717) is 28.6 Å². The molecule has 5 rings (SSSR count). The number of carbonyl (C=O) groups is 2. The second-order valence-electron chi connectivity index (χ2n) is 7.42. The first-order valence-corrected chi connectivity index (χ1v) is 9.92. The Bertz CT molecular complexity index is 1190. The number of fused-ring (bicyclic) bond motifs is 4. The number of aryl methyl sites for hydroxylation is 1. The fraction of sp³-hybridized carbons (Fsp3) is 0.227. The van der Waals surface area contributed by atoms with Crippen LogP contribution in [0.25, 0.3) is 5.69 Å². The Kier molecular flexibility index (Phi) is 3.83. The van der Waals surface area contributed by atoms with E-state index in [9.17, 15) is 9.59 Å². The molecule has 0 unspecified atom stereocenters. The van der Waals surface area contributed by atoms with E-state index in [2.05, 4.69) is 10.4 Å². The Balaban J connectivity index is 1.81. The highest BCUT2D eigenvalue weighted by Gasteiger charge is 2.57. The number of rotatable bonds is 2. The summed E-state index contributed by atoms with van der Waals surface area (Å²) in [4.78, 5) is 28.2. The number of halogens is 1. The van der Waals surface area contributed by atoms with Crippen molar-refractivity contribution in [2.75, 3.05) is 16.8 Å². The summed E-state index contributed by atoms with van der Waals surface area (Å²) in [6.45, 7) is 4.36. The molecule has 0 saturated heterocycles. The minimum atomic E-state index is -1.12. The molecule has 1 aromatic heterocycles. The summed E-state index contributed by atoms with van der Waals surface area (Å²) in [5.41, 5.74) is 2.90. The number of hydrogen-bond acceptors (Lipinski definition) is 3. The number of hydrogen-bond donors (Lipinski definition) is 1. The molecular formula is C22H19ClN4O2. The quantitative estimate of drug-likeness (QED) is 0.703. The number of nitrogens with zero attached hydrogens (tertiary/aromatic N) is 3. The predicted molar refractivity (Wildman–Crippen MR) is 112 cm³/mol. The SMILES string of the molecule is CCN1C(=O)[C@@]2(CC(=O)Nc3c2cnn3-c2ccccc2C)c2cccc(Cl)c21. The maximum Gasteiger partial charge on any atom is 0.242 e. The van der Waals surface area contributed by atoms with Crippen molar-refractivity contribution >= 4 is 34.9 Å². The van der Waals surface area contributed by atoms with Gasteiger partial charge in [-0.3, -0.25) is 9.59 Å². The highest BCUT2D eigenvalue weighted by Crippen LogP contribution is 2.54. The van der Waals surface area contributed by atoms with Gasteiger partial charge in [-0.25, -0.2) is 4.68 Å². The summed E-state index contributed by atoms with van der Waals surface area (Å²) in [6, 6.07) is 13.3. The van der Waals surface area contributed by atoms with Crippen molar-refractivity contribution in [3.05, 3.63) is 70.4 Å². The van der Waals surface area contributed by atoms with E-state index >= 15 is 0 Å². The van der Waals surface area contributed by atoms with Crippen LogP contribution in [0.3, 0.4) is 0 Å². The zero-order valence-corrected chi connectivity index (χ0v) is 16.8. The average Bonchev–Trinajstić information content (AvgIpc) is 3.22. The van der Waals surface area contributed by atoms with Gasteiger partial charge in [0.05, 0.1) is 22.6 Å². The van der Waals surface area contributed by atoms with E-state index in [1.54, 1.807) is 21.8 Å². The van der Waals surface area contributed by atoms with E-state index in [0.717, 1.165) is 16.8 Å². The number of nitrogens with one attached hydrogen (secondary N) is 1. The number of benzene rings is 2. The van der Waals surface area contributed by atoms with E-state index in [1.165, 1.54) is 0 Å². The Morgan fingerprint density at radius 2 is 1.93 bits per heavy atom. The van der Waals surface area contributed by atoms with Gasteiger partial charge in [0.1, 0.15) is 11.2 Å². The topological polar surface area (TPSA) is 67.2 Å². The van der Waals surface area contributed by atoms with E-state index in [4.69, 9.17) is 11.6 Å². The molecule has 2 aliphatic rings. The van der Waals surface area contributed by atoms with Crippen LogP contribution in [0.4, 0.5) is 11.5 Å². The standard InChI is InChI=1S/C22H19ClN4O2/c1-3-26-19-14(8-6-9-16(19)23)22(21(26)29)11-18(28)25-20-15(22)12-24-27(20)17-10-5-4-7-13(17)2/h4-10,12H,3,11H2,1-2H3,(H,25,28)/t22-/m0/s1. The van der Waals surface area contributed by atoms with Gasteiger partial charge in [-0.05, 0) is 37.1 Å². The summed E-state index contributed by atoms with van der Waals surface area (Å²) in [5, 5.41) is 8.01. The molecule has 146 valence electrons. The molecule has 2 aliphatic heterocycles. The van der Waals surface area contributed by atoms with Crippen LogP contribution in [0.2, 0.25) is 5.02 Å². The van der Waals surface area contributed by atoms with Crippen LogP contribution in [0.5, 0.6) is 0 Å². The Morgan fingerprint density at radius 3 is 2.69 bits per heavy atom. The maximum absolute atomic E-state index is 13.7. The minimum Gasteiger partial charge on any atom is -0.310 e. The predicted octanol–water partition coefficient (Wildman–Crippen LogP) is 3.83. The lowest BCUT2D eigenvalue weighted by Crippen LogP contribution is -2.46. The summed E-state index contributed by atoms with van der Waals surface area (Å²) in [7, 11) is 0. The third-order valence-electron chi connectivity index (χ3n) is 5.90. The highest BCUT2D eigenvalue weighted by molar-refractivity contribution is 6.35. The molecule has 1 N–H and O–H groups in total. The van der Waals surface area contributed by atoms with Gasteiger partial charge in [0.2, 0.25) is 11.8 Å². The fourth-order valence-electron chi connectivity index (χ4n) is 4.59. The number of para-hydroxylation sites is 2. The molecule has 0 bridgehead atoms. The smallest absolute Gasteiger partial charge is 0.242 e. The molecule has 1 spiro atoms. The minimum absolute atomic E-state index is 0.0299. The summed E-state index contributed by atoms with van der Waals surface area (Å²) in [5.74, 6) is 0.182. The summed E-state index contributed by atoms with van der Waals surface area (Å²) in [6.07, 6.45) is 1.73. The van der Waals surface area contributed by atoms with Gasteiger partial charge in [0.25, 0.3) is 0 Å². The summed E-state index contributed by atoms with van der Waals surface area (Å²) >= 11 is 6.48. The lowest BCUT2D eigenvalue weighted by molar-refractivity contribution is -0.126. The Hall–Kier alpha value is -3.12. The van der Waals surface area contributed by atoms with Crippen LogP contribution >= 0.6 is 11.6 Å². The van der Waals surface area contributed by atoms with Crippen molar-refractivity contribution in [2.45, 2.75) is 25.7 Å². The molecule has 3 aromatic rings. The van der Waals surface area contributed by atoms with Gasteiger partial charge < -0.3 is 10.2 Å². The molecule has 1 atom stereocenters. The van der Waals surface area contributed by atoms with E-state index in [-0.39, 0.29) is 18.2 Å². The lowest BCUT2D eigenvalue weighted by Gasteiger charge is -2.32. The molecule has 2 aromatic carbocycles. The monoisotopic (exact) mass is 406 g/mol. The first-order valence-electron chi connectivity index (χ1n) is 9.54. The van der Waals surface area contributed by atoms with Crippen molar-refractivity contribution < 1.29 is 9.59 Å². The molecule has 7 heteroatoms. The number of aromatic nitrogens is 2. The van der Waals surface area contributed by atoms with Crippen LogP contribution in [0.1, 0.15) is 30.0 Å². The van der Waals surface area contributed by atoms with Crippen LogP contribution in [0, 0.1) is 6.92 Å². The zero-order valence-electron chi connectivity index (χ0n) is 16.1. The zero-order chi connectivity index (χ0) is 20.3. The van der Waals surface area contributed by atoms with Crippen molar-refractivity contribution in [1.29, 1.82) is 0 Å². The van der Waals surface area contributed by atoms with Crippen LogP contribution < -0.4 is 10.2 Å². The summed E-state index contributed by atoms with van der Waals surface area (Å²) < 4.78 is 1.70. The van der Waals surface area contributed by atoms with Crippen LogP contribution in [0.15, 0.2) is 48.7 Å². The van der Waals surface area contributed by atoms with Crippen molar-refractivity contribution in [3.63, 3.8) is 0 Å². The largest absolute Gasteiger partial charge is 0.310 e. The Morgan fingerprint density at radius 1 is 1.14 bits per heavy atom. The third kappa shape index (κ3) is 2.26. The second kappa shape index (κ2) is 6.19. The molecular weight excluding hydrogens is 388 g/mol. The van der Waals surface area contributed by atoms with Crippen molar-refractivity contribution in [2.24, 2.45) is 0 Å². The van der Waals surface area contributed by atoms with Gasteiger partial charge in [-0.15, -0.1) is 0 Å². The molecule has 29 heavy (non-hydrogen) atoms. The highest BCUT2D eigenvalue weighted by atomic mass is 35.5. The van der Waals surface area contributed by atoms with Gasteiger partial charge >= 0.3 is 0 Å². The van der Waals surface area contributed by atoms with Gasteiger partial charge in [-0.2, -0.15) is 5.10 Å². The third-order valence-corrected chi connectivity index (χ3v) is 6.20. The normalized spacial score (nSPS) is 20.0. The molecule has 0 aliphatic carbocycles. The first-order chi connectivity index (χ1) is 14.0. The number of carbonyl (C=O) groups excluding carboxylic acids is 2. The molecule has 0 saturated carbocycles. The van der Waals surface area contributed by atoms with Gasteiger partial charge in [-0.1, -0.05) is 41.9 Å². The molecule has 6 nitrogen and oxygen atoms in total. The van der Waals surface area contributed by atoms with E-state index in [1.807, 2.05) is 50.2 Å². The van der Waals surface area contributed by atoms with Crippen molar-refractivity contribution in [3.8, 4) is 5.69 Å². The second-order valence-corrected chi connectivity index (χ2v) is 7.83. The fourth-order valence-corrected chi connectivity index (χ4v) is 4.87. The number of likely N-dealkylation sites (N-methyl/N-ethyl adjacent to an activating group) is 1. The number of anilines is 2. The molecule has 3 heterocycles. The van der Waals surface area contributed by atoms with Gasteiger partial charge in [0, 0.05) is 18.5 Å². The lowest BCUT2D eigenvalue weighted by atomic mass is 9.72.